The van der Waals surface area contributed by atoms with Gasteiger partial charge in [0, 0.05) is 37.8 Å². The molecule has 2 heterocycles. The van der Waals surface area contributed by atoms with E-state index < -0.39 is 6.04 Å². The lowest BCUT2D eigenvalue weighted by atomic mass is 10.0. The van der Waals surface area contributed by atoms with Crippen LogP contribution in [0, 0.1) is 5.82 Å². The molecule has 0 saturated carbocycles. The number of hydrogen-bond donors (Lipinski definition) is 1. The predicted molar refractivity (Wildman–Crippen MR) is 80.7 cm³/mol. The van der Waals surface area contributed by atoms with Crippen LogP contribution >= 0.6 is 0 Å². The zero-order chi connectivity index (χ0) is 15.5. The number of nitrogens with zero attached hydrogens (tertiary/aromatic N) is 2. The molecule has 1 amide bonds. The summed E-state index contributed by atoms with van der Waals surface area (Å²) in [7, 11) is 0. The lowest BCUT2D eigenvalue weighted by molar-refractivity contribution is -0.138. The Labute approximate surface area is 129 Å². The second kappa shape index (κ2) is 6.73. The first-order valence-electron chi connectivity index (χ1n) is 7.77. The maximum absolute atomic E-state index is 14.3. The average molecular weight is 307 g/mol. The van der Waals surface area contributed by atoms with Crippen LogP contribution in [0.5, 0.6) is 0 Å². The van der Waals surface area contributed by atoms with Gasteiger partial charge in [0.05, 0.1) is 13.2 Å². The highest BCUT2D eigenvalue weighted by atomic mass is 19.1. The highest BCUT2D eigenvalue weighted by Gasteiger charge is 2.36. The maximum Gasteiger partial charge on any atom is 0.244 e. The molecule has 3 rings (SSSR count). The van der Waals surface area contributed by atoms with Crippen LogP contribution < -0.4 is 5.73 Å². The van der Waals surface area contributed by atoms with Crippen molar-refractivity contribution < 1.29 is 13.9 Å². The molecule has 0 bridgehead atoms. The van der Waals surface area contributed by atoms with Gasteiger partial charge in [0.1, 0.15) is 11.9 Å². The van der Waals surface area contributed by atoms with E-state index in [9.17, 15) is 9.18 Å². The van der Waals surface area contributed by atoms with Gasteiger partial charge < -0.3 is 15.4 Å². The van der Waals surface area contributed by atoms with E-state index in [0.717, 1.165) is 6.42 Å². The van der Waals surface area contributed by atoms with E-state index in [1.54, 1.807) is 23.1 Å². The summed E-state index contributed by atoms with van der Waals surface area (Å²) in [5.74, 6) is -0.393. The number of nitrogens with two attached hydrogens (primary N) is 1. The summed E-state index contributed by atoms with van der Waals surface area (Å²) in [4.78, 5) is 16.7. The zero-order valence-electron chi connectivity index (χ0n) is 12.6. The van der Waals surface area contributed by atoms with E-state index >= 15 is 0 Å². The second-order valence-electron chi connectivity index (χ2n) is 5.91. The molecule has 2 saturated heterocycles. The molecule has 1 aromatic rings. The maximum atomic E-state index is 14.3. The van der Waals surface area contributed by atoms with Crippen LogP contribution in [0.2, 0.25) is 0 Å². The van der Waals surface area contributed by atoms with Crippen LogP contribution in [0.15, 0.2) is 24.3 Å². The van der Waals surface area contributed by atoms with Crippen molar-refractivity contribution in [1.82, 2.24) is 9.80 Å². The fourth-order valence-electron chi connectivity index (χ4n) is 3.18. The molecule has 0 radical (unpaired) electrons. The summed E-state index contributed by atoms with van der Waals surface area (Å²) in [6, 6.07) is 5.96. The number of rotatable bonds is 3. The Bertz CT molecular complexity index is 534. The average Bonchev–Trinajstić information content (AvgIpc) is 2.97. The van der Waals surface area contributed by atoms with Crippen molar-refractivity contribution in [1.29, 1.82) is 0 Å². The van der Waals surface area contributed by atoms with Crippen LogP contribution in [0.4, 0.5) is 4.39 Å². The van der Waals surface area contributed by atoms with E-state index in [4.69, 9.17) is 10.5 Å². The first-order chi connectivity index (χ1) is 10.7. The van der Waals surface area contributed by atoms with Gasteiger partial charge in [-0.25, -0.2) is 4.39 Å². The number of likely N-dealkylation sites (tertiary alicyclic amines) is 1. The number of carbonyl (C=O) groups is 1. The topological polar surface area (TPSA) is 58.8 Å². The van der Waals surface area contributed by atoms with Crippen molar-refractivity contribution in [3.63, 3.8) is 0 Å². The second-order valence-corrected chi connectivity index (χ2v) is 5.91. The SMILES string of the molecule is N[C@H]1CCN(C(=O)[C@H](c2ccccc2F)N2CCOCC2)C1. The highest BCUT2D eigenvalue weighted by molar-refractivity contribution is 5.83. The van der Waals surface area contributed by atoms with Gasteiger partial charge in [-0.05, 0) is 12.5 Å². The van der Waals surface area contributed by atoms with Gasteiger partial charge in [0.15, 0.2) is 0 Å². The molecule has 22 heavy (non-hydrogen) atoms. The molecule has 0 unspecified atom stereocenters. The zero-order valence-corrected chi connectivity index (χ0v) is 12.6. The Hall–Kier alpha value is -1.50. The lowest BCUT2D eigenvalue weighted by Gasteiger charge is -2.36. The number of hydrogen-bond acceptors (Lipinski definition) is 4. The van der Waals surface area contributed by atoms with E-state index in [0.29, 0.717) is 45.0 Å². The normalized spacial score (nSPS) is 24.5. The predicted octanol–water partition coefficient (Wildman–Crippen LogP) is 0.759. The van der Waals surface area contributed by atoms with E-state index in [2.05, 4.69) is 0 Å². The molecule has 2 aliphatic rings. The molecular formula is C16H22FN3O2. The van der Waals surface area contributed by atoms with E-state index in [1.165, 1.54) is 6.07 Å². The number of carbonyl (C=O) groups excluding carboxylic acids is 1. The highest BCUT2D eigenvalue weighted by Crippen LogP contribution is 2.27. The molecule has 0 aliphatic carbocycles. The Kier molecular flexibility index (Phi) is 4.71. The minimum Gasteiger partial charge on any atom is -0.379 e. The quantitative estimate of drug-likeness (QED) is 0.896. The molecule has 120 valence electrons. The van der Waals surface area contributed by atoms with Crippen molar-refractivity contribution in [3.8, 4) is 0 Å². The number of benzene rings is 1. The number of amides is 1. The fraction of sp³-hybridized carbons (Fsp3) is 0.562. The standard InChI is InChI=1S/C16H22FN3O2/c17-14-4-2-1-3-13(14)15(19-7-9-22-10-8-19)16(21)20-6-5-12(18)11-20/h1-4,12,15H,5-11,18H2/t12-,15-/m0/s1. The smallest absolute Gasteiger partial charge is 0.244 e. The first kappa shape index (κ1) is 15.4. The molecule has 1 aromatic carbocycles. The van der Waals surface area contributed by atoms with E-state index in [-0.39, 0.29) is 17.8 Å². The molecular weight excluding hydrogens is 285 g/mol. The van der Waals surface area contributed by atoms with Crippen molar-refractivity contribution in [2.45, 2.75) is 18.5 Å². The Balaban J connectivity index is 1.88. The summed E-state index contributed by atoms with van der Waals surface area (Å²) in [5.41, 5.74) is 6.35. The lowest BCUT2D eigenvalue weighted by Crippen LogP contribution is -2.47. The first-order valence-corrected chi connectivity index (χ1v) is 7.77. The van der Waals surface area contributed by atoms with Crippen molar-refractivity contribution in [2.24, 2.45) is 5.73 Å². The van der Waals surface area contributed by atoms with E-state index in [1.807, 2.05) is 4.90 Å². The van der Waals surface area contributed by atoms with Gasteiger partial charge in [0.2, 0.25) is 5.91 Å². The Morgan fingerprint density at radius 3 is 2.64 bits per heavy atom. The minimum atomic E-state index is -0.588. The molecule has 0 aromatic heterocycles. The summed E-state index contributed by atoms with van der Waals surface area (Å²) in [6.07, 6.45) is 0.804. The summed E-state index contributed by atoms with van der Waals surface area (Å²) in [5, 5.41) is 0. The van der Waals surface area contributed by atoms with Gasteiger partial charge in [-0.2, -0.15) is 0 Å². The summed E-state index contributed by atoms with van der Waals surface area (Å²) < 4.78 is 19.6. The fourth-order valence-corrected chi connectivity index (χ4v) is 3.18. The Morgan fingerprint density at radius 2 is 2.00 bits per heavy atom. The van der Waals surface area contributed by atoms with Gasteiger partial charge in [-0.15, -0.1) is 0 Å². The number of halogens is 1. The molecule has 2 aliphatic heterocycles. The molecule has 2 atom stereocenters. The Morgan fingerprint density at radius 1 is 1.27 bits per heavy atom. The molecule has 0 spiro atoms. The van der Waals surface area contributed by atoms with Crippen molar-refractivity contribution in [2.75, 3.05) is 39.4 Å². The summed E-state index contributed by atoms with van der Waals surface area (Å²) >= 11 is 0. The molecule has 6 heteroatoms. The van der Waals surface area contributed by atoms with Gasteiger partial charge >= 0.3 is 0 Å². The van der Waals surface area contributed by atoms with Crippen molar-refractivity contribution >= 4 is 5.91 Å². The molecule has 2 N–H and O–H groups in total. The third-order valence-corrected chi connectivity index (χ3v) is 4.38. The third-order valence-electron chi connectivity index (χ3n) is 4.38. The number of morpholine rings is 1. The molecule has 2 fully saturated rings. The van der Waals surface area contributed by atoms with Crippen LogP contribution in [0.25, 0.3) is 0 Å². The van der Waals surface area contributed by atoms with Crippen LogP contribution in [0.1, 0.15) is 18.0 Å². The monoisotopic (exact) mass is 307 g/mol. The van der Waals surface area contributed by atoms with Crippen molar-refractivity contribution in [3.05, 3.63) is 35.6 Å². The summed E-state index contributed by atoms with van der Waals surface area (Å²) in [6.45, 7) is 3.59. The van der Waals surface area contributed by atoms with Gasteiger partial charge in [-0.3, -0.25) is 9.69 Å². The number of ether oxygens (including phenoxy) is 1. The largest absolute Gasteiger partial charge is 0.379 e. The van der Waals surface area contributed by atoms with Gasteiger partial charge in [-0.1, -0.05) is 18.2 Å². The third kappa shape index (κ3) is 3.14. The molecule has 5 nitrogen and oxygen atoms in total. The van der Waals surface area contributed by atoms with Crippen LogP contribution in [-0.4, -0.2) is 61.1 Å². The van der Waals surface area contributed by atoms with Crippen LogP contribution in [0.3, 0.4) is 0 Å². The van der Waals surface area contributed by atoms with Crippen LogP contribution in [-0.2, 0) is 9.53 Å². The van der Waals surface area contributed by atoms with Gasteiger partial charge in [0.25, 0.3) is 0 Å². The minimum absolute atomic E-state index is 0.0231.